The van der Waals surface area contributed by atoms with Crippen molar-refractivity contribution in [3.63, 3.8) is 0 Å². The molecular formula is C21H26N4O2. The lowest BCUT2D eigenvalue weighted by molar-refractivity contribution is -0.130. The van der Waals surface area contributed by atoms with Gasteiger partial charge in [0.25, 0.3) is 0 Å². The fourth-order valence-corrected chi connectivity index (χ4v) is 3.49. The zero-order valence-electron chi connectivity index (χ0n) is 15.7. The second-order valence-corrected chi connectivity index (χ2v) is 6.68. The van der Waals surface area contributed by atoms with Crippen molar-refractivity contribution in [3.8, 4) is 0 Å². The normalized spacial score (nSPS) is 16.2. The number of rotatable bonds is 6. The third-order valence-electron chi connectivity index (χ3n) is 4.95. The molecular weight excluding hydrogens is 340 g/mol. The smallest absolute Gasteiger partial charge is 0.318 e. The second kappa shape index (κ2) is 9.16. The summed E-state index contributed by atoms with van der Waals surface area (Å²) in [5.74, 6) is -0.0747. The number of likely N-dealkylation sites (N-methyl/N-ethyl adjacent to an activating group) is 1. The Hall–Kier alpha value is -2.89. The van der Waals surface area contributed by atoms with Gasteiger partial charge in [0.05, 0.1) is 12.6 Å². The van der Waals surface area contributed by atoms with Gasteiger partial charge in [-0.1, -0.05) is 30.3 Å². The average Bonchev–Trinajstić information content (AvgIpc) is 3.21. The number of likely N-dealkylation sites (tertiary alicyclic amines) is 1. The van der Waals surface area contributed by atoms with Gasteiger partial charge in [-0.2, -0.15) is 0 Å². The number of carbonyl (C=O) groups excluding carboxylic acids is 2. The quantitative estimate of drug-likeness (QED) is 0.855. The number of aromatic nitrogens is 1. The number of carbonyl (C=O) groups is 2. The van der Waals surface area contributed by atoms with Gasteiger partial charge in [0.15, 0.2) is 0 Å². The van der Waals surface area contributed by atoms with E-state index < -0.39 is 0 Å². The number of hydrogen-bond acceptors (Lipinski definition) is 3. The molecule has 6 heteroatoms. The van der Waals surface area contributed by atoms with Crippen molar-refractivity contribution in [3.05, 3.63) is 66.0 Å². The van der Waals surface area contributed by atoms with Crippen LogP contribution in [-0.2, 0) is 11.3 Å². The molecule has 2 heterocycles. The molecule has 6 nitrogen and oxygen atoms in total. The zero-order valence-corrected chi connectivity index (χ0v) is 15.7. The van der Waals surface area contributed by atoms with Gasteiger partial charge in [0.1, 0.15) is 0 Å². The van der Waals surface area contributed by atoms with E-state index in [4.69, 9.17) is 0 Å². The first-order chi connectivity index (χ1) is 13.2. The fourth-order valence-electron chi connectivity index (χ4n) is 3.49. The average molecular weight is 366 g/mol. The van der Waals surface area contributed by atoms with Gasteiger partial charge in [-0.15, -0.1) is 0 Å². The molecule has 142 valence electrons. The van der Waals surface area contributed by atoms with Gasteiger partial charge in [-0.05, 0) is 43.0 Å². The number of nitrogens with zero attached hydrogens (tertiary/aromatic N) is 3. The molecule has 1 aromatic carbocycles. The van der Waals surface area contributed by atoms with Crippen LogP contribution in [0.15, 0.2) is 54.9 Å². The zero-order chi connectivity index (χ0) is 19.1. The molecule has 0 spiro atoms. The van der Waals surface area contributed by atoms with Crippen LogP contribution in [-0.4, -0.2) is 46.4 Å². The summed E-state index contributed by atoms with van der Waals surface area (Å²) in [6.45, 7) is 3.82. The minimum Gasteiger partial charge on any atom is -0.337 e. The van der Waals surface area contributed by atoms with Crippen LogP contribution >= 0.6 is 0 Å². The topological polar surface area (TPSA) is 65.5 Å². The third kappa shape index (κ3) is 4.84. The predicted molar refractivity (Wildman–Crippen MR) is 104 cm³/mol. The van der Waals surface area contributed by atoms with Crippen LogP contribution in [0.4, 0.5) is 4.79 Å². The van der Waals surface area contributed by atoms with E-state index in [-0.39, 0.29) is 24.5 Å². The van der Waals surface area contributed by atoms with Crippen molar-refractivity contribution >= 4 is 11.9 Å². The summed E-state index contributed by atoms with van der Waals surface area (Å²) < 4.78 is 0. The molecule has 1 saturated heterocycles. The Kier molecular flexibility index (Phi) is 6.41. The minimum absolute atomic E-state index is 0.0130. The summed E-state index contributed by atoms with van der Waals surface area (Å²) in [7, 11) is 0. The molecule has 1 aliphatic heterocycles. The van der Waals surface area contributed by atoms with Gasteiger partial charge >= 0.3 is 6.03 Å². The summed E-state index contributed by atoms with van der Waals surface area (Å²) in [6, 6.07) is 13.6. The van der Waals surface area contributed by atoms with Gasteiger partial charge in [0.2, 0.25) is 5.91 Å². The maximum atomic E-state index is 12.6. The van der Waals surface area contributed by atoms with Crippen LogP contribution in [0.5, 0.6) is 0 Å². The molecule has 1 aromatic heterocycles. The standard InChI is InChI=1S/C21H26N4O2/c1-2-24(16-17-7-4-3-5-8-17)20(26)15-23-21(27)25-14-6-9-19(25)18-10-12-22-13-11-18/h3-5,7-8,10-13,19H,2,6,9,14-16H2,1H3,(H,23,27)/t19-/m1/s1. The third-order valence-corrected chi connectivity index (χ3v) is 4.95. The summed E-state index contributed by atoms with van der Waals surface area (Å²) in [5, 5.41) is 2.80. The molecule has 0 saturated carbocycles. The van der Waals surface area contributed by atoms with Crippen molar-refractivity contribution < 1.29 is 9.59 Å². The number of hydrogen-bond donors (Lipinski definition) is 1. The molecule has 1 N–H and O–H groups in total. The van der Waals surface area contributed by atoms with Crippen molar-refractivity contribution in [1.82, 2.24) is 20.1 Å². The lowest BCUT2D eigenvalue weighted by atomic mass is 10.1. The van der Waals surface area contributed by atoms with Gasteiger partial charge < -0.3 is 15.1 Å². The highest BCUT2D eigenvalue weighted by Crippen LogP contribution is 2.31. The van der Waals surface area contributed by atoms with E-state index in [1.807, 2.05) is 54.3 Å². The monoisotopic (exact) mass is 366 g/mol. The van der Waals surface area contributed by atoms with Crippen LogP contribution < -0.4 is 5.32 Å². The van der Waals surface area contributed by atoms with E-state index >= 15 is 0 Å². The summed E-state index contributed by atoms with van der Waals surface area (Å²) in [4.78, 5) is 32.8. The molecule has 0 radical (unpaired) electrons. The Morgan fingerprint density at radius 2 is 1.93 bits per heavy atom. The van der Waals surface area contributed by atoms with Gasteiger partial charge in [-0.3, -0.25) is 9.78 Å². The van der Waals surface area contributed by atoms with Crippen LogP contribution in [0.1, 0.15) is 36.9 Å². The minimum atomic E-state index is -0.182. The van der Waals surface area contributed by atoms with Crippen molar-refractivity contribution in [1.29, 1.82) is 0 Å². The highest BCUT2D eigenvalue weighted by Gasteiger charge is 2.30. The Morgan fingerprint density at radius 3 is 2.63 bits per heavy atom. The molecule has 1 atom stereocenters. The molecule has 0 aliphatic carbocycles. The Balaban J connectivity index is 1.55. The molecule has 1 aliphatic rings. The van der Waals surface area contributed by atoms with Crippen molar-refractivity contribution in [2.75, 3.05) is 19.6 Å². The van der Waals surface area contributed by atoms with Crippen LogP contribution in [0.2, 0.25) is 0 Å². The highest BCUT2D eigenvalue weighted by atomic mass is 16.2. The van der Waals surface area contributed by atoms with Crippen LogP contribution in [0, 0.1) is 0 Å². The molecule has 0 bridgehead atoms. The molecule has 2 aromatic rings. The number of urea groups is 1. The van der Waals surface area contributed by atoms with Crippen molar-refractivity contribution in [2.45, 2.75) is 32.4 Å². The molecule has 0 unspecified atom stereocenters. The lowest BCUT2D eigenvalue weighted by Gasteiger charge is -2.26. The summed E-state index contributed by atoms with van der Waals surface area (Å²) >= 11 is 0. The molecule has 27 heavy (non-hydrogen) atoms. The molecule has 3 amide bonds. The van der Waals surface area contributed by atoms with Crippen LogP contribution in [0.25, 0.3) is 0 Å². The molecule has 1 fully saturated rings. The van der Waals surface area contributed by atoms with E-state index in [0.717, 1.165) is 24.0 Å². The first-order valence-corrected chi connectivity index (χ1v) is 9.45. The van der Waals surface area contributed by atoms with Crippen molar-refractivity contribution in [2.24, 2.45) is 0 Å². The largest absolute Gasteiger partial charge is 0.337 e. The second-order valence-electron chi connectivity index (χ2n) is 6.68. The number of benzene rings is 1. The lowest BCUT2D eigenvalue weighted by Crippen LogP contribution is -2.45. The van der Waals surface area contributed by atoms with Gasteiger partial charge in [-0.25, -0.2) is 4.79 Å². The summed E-state index contributed by atoms with van der Waals surface area (Å²) in [6.07, 6.45) is 5.38. The number of pyridine rings is 1. The van der Waals surface area contributed by atoms with E-state index in [1.54, 1.807) is 17.3 Å². The van der Waals surface area contributed by atoms with Crippen LogP contribution in [0.3, 0.4) is 0 Å². The van der Waals surface area contributed by atoms with E-state index in [9.17, 15) is 9.59 Å². The predicted octanol–water partition coefficient (Wildman–Crippen LogP) is 2.98. The maximum Gasteiger partial charge on any atom is 0.318 e. The van der Waals surface area contributed by atoms with E-state index in [0.29, 0.717) is 19.6 Å². The highest BCUT2D eigenvalue weighted by molar-refractivity contribution is 5.84. The Morgan fingerprint density at radius 1 is 1.19 bits per heavy atom. The Labute approximate surface area is 160 Å². The Bertz CT molecular complexity index is 751. The van der Waals surface area contributed by atoms with E-state index in [2.05, 4.69) is 10.3 Å². The molecule has 3 rings (SSSR count). The fraction of sp³-hybridized carbons (Fsp3) is 0.381. The number of amides is 3. The summed E-state index contributed by atoms with van der Waals surface area (Å²) in [5.41, 5.74) is 2.17. The van der Waals surface area contributed by atoms with Gasteiger partial charge in [0, 0.05) is 32.0 Å². The SMILES string of the molecule is CCN(Cc1ccccc1)C(=O)CNC(=O)N1CCC[C@@H]1c1ccncc1. The number of nitrogens with one attached hydrogen (secondary N) is 1. The maximum absolute atomic E-state index is 12.6. The first-order valence-electron chi connectivity index (χ1n) is 9.45. The first kappa shape index (κ1) is 18.9. The van der Waals surface area contributed by atoms with E-state index in [1.165, 1.54) is 0 Å².